The Morgan fingerprint density at radius 2 is 2.07 bits per heavy atom. The fourth-order valence-electron chi connectivity index (χ4n) is 1.09. The summed E-state index contributed by atoms with van der Waals surface area (Å²) in [4.78, 5) is 11.5. The number of halogens is 1. The van der Waals surface area contributed by atoms with E-state index in [1.807, 2.05) is 12.1 Å². The summed E-state index contributed by atoms with van der Waals surface area (Å²) in [6.07, 6.45) is -0.518. The standard InChI is InChI=1S/C11H14BrNO2/c1-8(14)7-13-11(15)10-4-2-9(6-12)3-5-10/h2-5,8,14H,6-7H2,1H3,(H,13,15). The van der Waals surface area contributed by atoms with E-state index in [2.05, 4.69) is 21.2 Å². The fraction of sp³-hybridized carbons (Fsp3) is 0.364. The first-order chi connectivity index (χ1) is 7.13. The van der Waals surface area contributed by atoms with E-state index in [1.165, 1.54) is 0 Å². The van der Waals surface area contributed by atoms with E-state index in [0.29, 0.717) is 5.56 Å². The lowest BCUT2D eigenvalue weighted by molar-refractivity contribution is 0.0924. The van der Waals surface area contributed by atoms with Gasteiger partial charge in [-0.1, -0.05) is 28.1 Å². The van der Waals surface area contributed by atoms with Crippen LogP contribution in [0.2, 0.25) is 0 Å². The second kappa shape index (κ2) is 5.88. The lowest BCUT2D eigenvalue weighted by Crippen LogP contribution is -2.30. The first-order valence-electron chi connectivity index (χ1n) is 4.74. The fourth-order valence-corrected chi connectivity index (χ4v) is 1.46. The highest BCUT2D eigenvalue weighted by Gasteiger charge is 2.05. The molecular weight excluding hydrogens is 258 g/mol. The number of hydrogen-bond acceptors (Lipinski definition) is 2. The van der Waals surface area contributed by atoms with Gasteiger partial charge in [0.15, 0.2) is 0 Å². The zero-order valence-corrected chi connectivity index (χ0v) is 10.1. The Morgan fingerprint density at radius 1 is 1.47 bits per heavy atom. The van der Waals surface area contributed by atoms with E-state index in [0.717, 1.165) is 10.9 Å². The first kappa shape index (κ1) is 12.2. The number of nitrogens with one attached hydrogen (secondary N) is 1. The van der Waals surface area contributed by atoms with Crippen molar-refractivity contribution < 1.29 is 9.90 Å². The van der Waals surface area contributed by atoms with Crippen molar-refractivity contribution in [3.05, 3.63) is 35.4 Å². The van der Waals surface area contributed by atoms with Gasteiger partial charge in [-0.25, -0.2) is 0 Å². The van der Waals surface area contributed by atoms with Crippen LogP contribution in [0.4, 0.5) is 0 Å². The molecule has 0 saturated heterocycles. The van der Waals surface area contributed by atoms with Crippen LogP contribution in [-0.2, 0) is 5.33 Å². The molecule has 1 atom stereocenters. The molecule has 2 N–H and O–H groups in total. The number of aliphatic hydroxyl groups is 1. The van der Waals surface area contributed by atoms with Gasteiger partial charge in [0.1, 0.15) is 0 Å². The van der Waals surface area contributed by atoms with Gasteiger partial charge in [-0.3, -0.25) is 4.79 Å². The molecule has 0 aromatic heterocycles. The molecule has 1 amide bonds. The Kier molecular flexibility index (Phi) is 4.78. The van der Waals surface area contributed by atoms with Gasteiger partial charge >= 0.3 is 0 Å². The van der Waals surface area contributed by atoms with Gasteiger partial charge in [-0.2, -0.15) is 0 Å². The zero-order valence-electron chi connectivity index (χ0n) is 8.53. The van der Waals surface area contributed by atoms with Crippen LogP contribution in [0, 0.1) is 0 Å². The predicted molar refractivity (Wildman–Crippen MR) is 63.1 cm³/mol. The average Bonchev–Trinajstić information content (AvgIpc) is 2.26. The van der Waals surface area contributed by atoms with Crippen LogP contribution < -0.4 is 5.32 Å². The molecule has 1 unspecified atom stereocenters. The SMILES string of the molecule is CC(O)CNC(=O)c1ccc(CBr)cc1. The smallest absolute Gasteiger partial charge is 0.251 e. The number of alkyl halides is 1. The molecular formula is C11H14BrNO2. The van der Waals surface area contributed by atoms with Gasteiger partial charge in [0, 0.05) is 17.4 Å². The summed E-state index contributed by atoms with van der Waals surface area (Å²) in [5.74, 6) is -0.156. The maximum Gasteiger partial charge on any atom is 0.251 e. The Labute approximate surface area is 97.6 Å². The Bertz CT molecular complexity index is 322. The van der Waals surface area contributed by atoms with Crippen LogP contribution in [0.3, 0.4) is 0 Å². The minimum atomic E-state index is -0.518. The second-order valence-corrected chi connectivity index (χ2v) is 3.95. The molecule has 0 aliphatic rings. The third-order valence-electron chi connectivity index (χ3n) is 1.93. The largest absolute Gasteiger partial charge is 0.392 e. The highest BCUT2D eigenvalue weighted by molar-refractivity contribution is 9.08. The average molecular weight is 272 g/mol. The van der Waals surface area contributed by atoms with Gasteiger partial charge in [-0.15, -0.1) is 0 Å². The van der Waals surface area contributed by atoms with Crippen molar-refractivity contribution in [2.24, 2.45) is 0 Å². The topological polar surface area (TPSA) is 49.3 Å². The minimum Gasteiger partial charge on any atom is -0.392 e. The molecule has 0 aliphatic carbocycles. The highest BCUT2D eigenvalue weighted by atomic mass is 79.9. The van der Waals surface area contributed by atoms with Crippen molar-refractivity contribution in [3.63, 3.8) is 0 Å². The lowest BCUT2D eigenvalue weighted by Gasteiger charge is -2.07. The normalized spacial score (nSPS) is 12.2. The molecule has 15 heavy (non-hydrogen) atoms. The number of carbonyl (C=O) groups excluding carboxylic acids is 1. The summed E-state index contributed by atoms with van der Waals surface area (Å²) >= 11 is 3.34. The van der Waals surface area contributed by atoms with Crippen LogP contribution in [-0.4, -0.2) is 23.7 Å². The molecule has 1 aromatic rings. The van der Waals surface area contributed by atoms with E-state index >= 15 is 0 Å². The van der Waals surface area contributed by atoms with Crippen molar-refractivity contribution in [1.29, 1.82) is 0 Å². The van der Waals surface area contributed by atoms with Gasteiger partial charge < -0.3 is 10.4 Å². The lowest BCUT2D eigenvalue weighted by atomic mass is 10.1. The van der Waals surface area contributed by atoms with Crippen molar-refractivity contribution in [2.45, 2.75) is 18.4 Å². The number of rotatable bonds is 4. The molecule has 0 saturated carbocycles. The van der Waals surface area contributed by atoms with Crippen LogP contribution in [0.5, 0.6) is 0 Å². The molecule has 0 radical (unpaired) electrons. The molecule has 0 spiro atoms. The summed E-state index contributed by atoms with van der Waals surface area (Å²) in [6.45, 7) is 1.91. The molecule has 82 valence electrons. The highest BCUT2D eigenvalue weighted by Crippen LogP contribution is 2.07. The maximum absolute atomic E-state index is 11.5. The first-order valence-corrected chi connectivity index (χ1v) is 5.87. The van der Waals surface area contributed by atoms with E-state index in [-0.39, 0.29) is 12.5 Å². The van der Waals surface area contributed by atoms with E-state index in [4.69, 9.17) is 5.11 Å². The van der Waals surface area contributed by atoms with Gasteiger partial charge in [0.25, 0.3) is 5.91 Å². The molecule has 4 heteroatoms. The molecule has 0 aliphatic heterocycles. The van der Waals surface area contributed by atoms with E-state index in [1.54, 1.807) is 19.1 Å². The Hall–Kier alpha value is -0.870. The molecule has 3 nitrogen and oxygen atoms in total. The van der Waals surface area contributed by atoms with Crippen LogP contribution >= 0.6 is 15.9 Å². The van der Waals surface area contributed by atoms with E-state index < -0.39 is 6.10 Å². The Balaban J connectivity index is 2.58. The third-order valence-corrected chi connectivity index (χ3v) is 2.58. The number of carbonyl (C=O) groups is 1. The quantitative estimate of drug-likeness (QED) is 0.819. The van der Waals surface area contributed by atoms with Gasteiger partial charge in [-0.05, 0) is 24.6 Å². The molecule has 0 heterocycles. The van der Waals surface area contributed by atoms with Crippen molar-refractivity contribution in [3.8, 4) is 0 Å². The van der Waals surface area contributed by atoms with Crippen molar-refractivity contribution in [1.82, 2.24) is 5.32 Å². The summed E-state index contributed by atoms with van der Waals surface area (Å²) < 4.78 is 0. The van der Waals surface area contributed by atoms with Gasteiger partial charge in [0.05, 0.1) is 6.10 Å². The zero-order chi connectivity index (χ0) is 11.3. The van der Waals surface area contributed by atoms with Crippen molar-refractivity contribution >= 4 is 21.8 Å². The number of benzene rings is 1. The van der Waals surface area contributed by atoms with Crippen LogP contribution in [0.1, 0.15) is 22.8 Å². The van der Waals surface area contributed by atoms with Crippen LogP contribution in [0.15, 0.2) is 24.3 Å². The number of amides is 1. The number of hydrogen-bond donors (Lipinski definition) is 2. The Morgan fingerprint density at radius 3 is 2.53 bits per heavy atom. The molecule has 0 fully saturated rings. The van der Waals surface area contributed by atoms with Crippen LogP contribution in [0.25, 0.3) is 0 Å². The second-order valence-electron chi connectivity index (χ2n) is 3.39. The van der Waals surface area contributed by atoms with E-state index in [9.17, 15) is 4.79 Å². The monoisotopic (exact) mass is 271 g/mol. The molecule has 0 bridgehead atoms. The minimum absolute atomic E-state index is 0.156. The summed E-state index contributed by atoms with van der Waals surface area (Å²) in [5.41, 5.74) is 1.74. The summed E-state index contributed by atoms with van der Waals surface area (Å²) in [5, 5.41) is 12.4. The summed E-state index contributed by atoms with van der Waals surface area (Å²) in [7, 11) is 0. The molecule has 1 aromatic carbocycles. The summed E-state index contributed by atoms with van der Waals surface area (Å²) in [6, 6.07) is 7.33. The van der Waals surface area contributed by atoms with Crippen molar-refractivity contribution in [2.75, 3.05) is 6.54 Å². The molecule has 1 rings (SSSR count). The third kappa shape index (κ3) is 4.01. The van der Waals surface area contributed by atoms with Gasteiger partial charge in [0.2, 0.25) is 0 Å². The predicted octanol–water partition coefficient (Wildman–Crippen LogP) is 1.69. The number of aliphatic hydroxyl groups excluding tert-OH is 1. The maximum atomic E-state index is 11.5.